The lowest BCUT2D eigenvalue weighted by atomic mass is 9.50. The fourth-order valence-corrected chi connectivity index (χ4v) is 7.59. The van der Waals surface area contributed by atoms with Crippen molar-refractivity contribution in [2.75, 3.05) is 0 Å². The summed E-state index contributed by atoms with van der Waals surface area (Å²) in [6.45, 7) is 14.6. The molecule has 162 valence electrons. The van der Waals surface area contributed by atoms with Gasteiger partial charge in [0.25, 0.3) is 0 Å². The molecule has 0 spiro atoms. The Morgan fingerprint density at radius 2 is 1.69 bits per heavy atom. The average Bonchev–Trinajstić information content (AvgIpc) is 3.03. The van der Waals surface area contributed by atoms with Crippen LogP contribution in [0, 0.1) is 46.3 Å². The first-order valence-corrected chi connectivity index (χ1v) is 12.4. The topological polar surface area (TPSA) is 20.2 Å². The molecule has 0 amide bonds. The minimum absolute atomic E-state index is 0.116. The Balaban J connectivity index is 1.57. The minimum Gasteiger partial charge on any atom is -0.393 e. The van der Waals surface area contributed by atoms with Crippen molar-refractivity contribution in [3.8, 4) is 0 Å². The van der Waals surface area contributed by atoms with Gasteiger partial charge in [0, 0.05) is 0 Å². The van der Waals surface area contributed by atoms with Crippen LogP contribution in [0.4, 0.5) is 0 Å². The molecule has 8 atom stereocenters. The molecule has 4 aliphatic rings. The molecule has 0 radical (unpaired) electrons. The molecule has 0 aromatic rings. The van der Waals surface area contributed by atoms with Crippen LogP contribution in [0.5, 0.6) is 0 Å². The molecule has 0 saturated heterocycles. The standard InChI is InChI=1S/C28H44O/c1-18(2)19(3)7-8-20(4)24-11-12-25-23-10-9-21-17-22(29)13-15-27(21,5)26(23)14-16-28(24,25)6/h7-10,18-20,22,24-26,29H,11-17H2,1-6H3/b8-7+/t19-,20+,22+,24+,25+,26-,27+,28-/m1/s1. The zero-order valence-corrected chi connectivity index (χ0v) is 19.7. The summed E-state index contributed by atoms with van der Waals surface area (Å²) in [6.07, 6.45) is 18.4. The minimum atomic E-state index is -0.116. The lowest BCUT2D eigenvalue weighted by Gasteiger charge is -2.55. The van der Waals surface area contributed by atoms with E-state index >= 15 is 0 Å². The van der Waals surface area contributed by atoms with Gasteiger partial charge in [-0.3, -0.25) is 0 Å². The Kier molecular flexibility index (Phi) is 5.69. The van der Waals surface area contributed by atoms with Crippen molar-refractivity contribution in [3.05, 3.63) is 35.5 Å². The van der Waals surface area contributed by atoms with E-state index in [1.807, 2.05) is 0 Å². The third-order valence-electron chi connectivity index (χ3n) is 10.0. The van der Waals surface area contributed by atoms with Crippen LogP contribution in [0.2, 0.25) is 0 Å². The van der Waals surface area contributed by atoms with E-state index in [2.05, 4.69) is 65.8 Å². The largest absolute Gasteiger partial charge is 0.393 e. The predicted octanol–water partition coefficient (Wildman–Crippen LogP) is 7.33. The van der Waals surface area contributed by atoms with Crippen LogP contribution in [0.3, 0.4) is 0 Å². The van der Waals surface area contributed by atoms with Crippen molar-refractivity contribution >= 4 is 0 Å². The molecule has 0 unspecified atom stereocenters. The fourth-order valence-electron chi connectivity index (χ4n) is 7.59. The third kappa shape index (κ3) is 3.50. The molecule has 0 aromatic heterocycles. The first-order valence-electron chi connectivity index (χ1n) is 12.4. The summed E-state index contributed by atoms with van der Waals surface area (Å²) in [5, 5.41) is 10.2. The van der Waals surface area contributed by atoms with Gasteiger partial charge < -0.3 is 5.11 Å². The van der Waals surface area contributed by atoms with Gasteiger partial charge in [-0.1, -0.05) is 77.0 Å². The number of allylic oxidation sites excluding steroid dienone is 5. The van der Waals surface area contributed by atoms with Crippen molar-refractivity contribution in [2.45, 2.75) is 92.6 Å². The van der Waals surface area contributed by atoms with Gasteiger partial charge in [0.2, 0.25) is 0 Å². The maximum atomic E-state index is 10.2. The predicted molar refractivity (Wildman–Crippen MR) is 123 cm³/mol. The highest BCUT2D eigenvalue weighted by Crippen LogP contribution is 2.65. The molecule has 0 aliphatic heterocycles. The monoisotopic (exact) mass is 396 g/mol. The zero-order valence-electron chi connectivity index (χ0n) is 19.7. The molecule has 1 heteroatoms. The Bertz CT molecular complexity index is 712. The normalized spacial score (nSPS) is 44.0. The summed E-state index contributed by atoms with van der Waals surface area (Å²) in [5.41, 5.74) is 4.07. The average molecular weight is 397 g/mol. The van der Waals surface area contributed by atoms with Crippen molar-refractivity contribution in [1.82, 2.24) is 0 Å². The smallest absolute Gasteiger partial charge is 0.0578 e. The van der Waals surface area contributed by atoms with Crippen molar-refractivity contribution in [2.24, 2.45) is 46.3 Å². The number of hydrogen-bond acceptors (Lipinski definition) is 1. The van der Waals surface area contributed by atoms with Crippen LogP contribution in [-0.4, -0.2) is 11.2 Å². The number of hydrogen-bond donors (Lipinski definition) is 1. The van der Waals surface area contributed by atoms with Gasteiger partial charge in [0.05, 0.1) is 6.10 Å². The molecular weight excluding hydrogens is 352 g/mol. The highest BCUT2D eigenvalue weighted by molar-refractivity contribution is 5.39. The first-order chi connectivity index (χ1) is 13.7. The number of rotatable bonds is 4. The number of aliphatic hydroxyl groups is 1. The molecule has 0 heterocycles. The molecule has 3 saturated carbocycles. The molecule has 1 nitrogen and oxygen atoms in total. The van der Waals surface area contributed by atoms with Gasteiger partial charge in [-0.25, -0.2) is 0 Å². The molecule has 1 N–H and O–H groups in total. The lowest BCUT2D eigenvalue weighted by molar-refractivity contribution is 0.0382. The van der Waals surface area contributed by atoms with Gasteiger partial charge in [-0.15, -0.1) is 0 Å². The molecule has 4 aliphatic carbocycles. The van der Waals surface area contributed by atoms with E-state index in [0.29, 0.717) is 22.7 Å². The number of aliphatic hydroxyl groups excluding tert-OH is 1. The maximum Gasteiger partial charge on any atom is 0.0578 e. The van der Waals surface area contributed by atoms with Crippen LogP contribution in [0.25, 0.3) is 0 Å². The Hall–Kier alpha value is -0.820. The second-order valence-corrected chi connectivity index (χ2v) is 11.9. The van der Waals surface area contributed by atoms with E-state index in [1.54, 1.807) is 5.57 Å². The Morgan fingerprint density at radius 3 is 2.41 bits per heavy atom. The summed E-state index contributed by atoms with van der Waals surface area (Å²) in [4.78, 5) is 0. The van der Waals surface area contributed by atoms with E-state index in [9.17, 15) is 5.11 Å². The van der Waals surface area contributed by atoms with Gasteiger partial charge in [0.1, 0.15) is 0 Å². The molecule has 3 fully saturated rings. The van der Waals surface area contributed by atoms with Gasteiger partial charge in [0.15, 0.2) is 0 Å². The second-order valence-electron chi connectivity index (χ2n) is 11.9. The van der Waals surface area contributed by atoms with E-state index in [4.69, 9.17) is 0 Å². The molecule has 0 aromatic carbocycles. The molecular formula is C28H44O. The third-order valence-corrected chi connectivity index (χ3v) is 10.0. The van der Waals surface area contributed by atoms with E-state index in [-0.39, 0.29) is 6.10 Å². The number of fused-ring (bicyclic) bond motifs is 5. The Morgan fingerprint density at radius 1 is 0.931 bits per heavy atom. The zero-order chi connectivity index (χ0) is 21.0. The highest BCUT2D eigenvalue weighted by atomic mass is 16.3. The van der Waals surface area contributed by atoms with Crippen molar-refractivity contribution in [1.29, 1.82) is 0 Å². The van der Waals surface area contributed by atoms with E-state index in [1.165, 1.54) is 37.7 Å². The van der Waals surface area contributed by atoms with Crippen LogP contribution >= 0.6 is 0 Å². The fraction of sp³-hybridized carbons (Fsp3) is 0.786. The van der Waals surface area contributed by atoms with Crippen LogP contribution < -0.4 is 0 Å². The van der Waals surface area contributed by atoms with E-state index in [0.717, 1.165) is 36.5 Å². The summed E-state index contributed by atoms with van der Waals surface area (Å²) in [6, 6.07) is 0. The Labute approximate surface area is 179 Å². The summed E-state index contributed by atoms with van der Waals surface area (Å²) in [7, 11) is 0. The second kappa shape index (κ2) is 7.70. The van der Waals surface area contributed by atoms with E-state index < -0.39 is 0 Å². The van der Waals surface area contributed by atoms with Crippen LogP contribution in [0.15, 0.2) is 35.5 Å². The first kappa shape index (κ1) is 21.4. The van der Waals surface area contributed by atoms with Gasteiger partial charge in [-0.2, -0.15) is 0 Å². The summed E-state index contributed by atoms with van der Waals surface area (Å²) < 4.78 is 0. The SMILES string of the molecule is CC(C)[C@H](C)/C=C/[C@H](C)[C@@H]1CC[C@H]2C3=CC=C4C[C@@H](O)CC[C@]4(C)[C@@H]3CC[C@@]21C. The van der Waals surface area contributed by atoms with Crippen LogP contribution in [-0.2, 0) is 0 Å². The van der Waals surface area contributed by atoms with Crippen molar-refractivity contribution in [3.63, 3.8) is 0 Å². The maximum absolute atomic E-state index is 10.2. The lowest BCUT2D eigenvalue weighted by Crippen LogP contribution is -2.46. The summed E-state index contributed by atoms with van der Waals surface area (Å²) >= 11 is 0. The van der Waals surface area contributed by atoms with Gasteiger partial charge >= 0.3 is 0 Å². The molecule has 0 bridgehead atoms. The van der Waals surface area contributed by atoms with Gasteiger partial charge in [-0.05, 0) is 91.3 Å². The summed E-state index contributed by atoms with van der Waals surface area (Å²) in [5.74, 6) is 4.38. The quantitative estimate of drug-likeness (QED) is 0.493. The molecule has 29 heavy (non-hydrogen) atoms. The van der Waals surface area contributed by atoms with Crippen LogP contribution in [0.1, 0.15) is 86.5 Å². The van der Waals surface area contributed by atoms with Crippen molar-refractivity contribution < 1.29 is 5.11 Å². The molecule has 4 rings (SSSR count). The highest BCUT2D eigenvalue weighted by Gasteiger charge is 2.56.